The third kappa shape index (κ3) is 2.32. The highest BCUT2D eigenvalue weighted by Crippen LogP contribution is 2.21. The van der Waals surface area contributed by atoms with Crippen molar-refractivity contribution in [3.8, 4) is 0 Å². The van der Waals surface area contributed by atoms with E-state index in [1.165, 1.54) is 0 Å². The van der Waals surface area contributed by atoms with Crippen molar-refractivity contribution in [1.82, 2.24) is 5.32 Å². The number of rotatable bonds is 3. The zero-order chi connectivity index (χ0) is 11.5. The maximum absolute atomic E-state index is 11.7. The Morgan fingerprint density at radius 1 is 1.19 bits per heavy atom. The number of hydrogen-bond acceptors (Lipinski definition) is 2. The van der Waals surface area contributed by atoms with Crippen LogP contribution in [0.4, 0.5) is 0 Å². The van der Waals surface area contributed by atoms with Crippen LogP contribution in [0.15, 0.2) is 24.3 Å². The Kier molecular flexibility index (Phi) is 3.08. The van der Waals surface area contributed by atoms with E-state index >= 15 is 0 Å². The quantitative estimate of drug-likeness (QED) is 0.701. The summed E-state index contributed by atoms with van der Waals surface area (Å²) in [5.41, 5.74) is 0. The Labute approximate surface area is 94.0 Å². The second-order valence-corrected chi connectivity index (χ2v) is 4.32. The lowest BCUT2D eigenvalue weighted by molar-refractivity contribution is -0.140. The van der Waals surface area contributed by atoms with E-state index in [-0.39, 0.29) is 17.9 Å². The van der Waals surface area contributed by atoms with Crippen molar-refractivity contribution in [2.24, 2.45) is 11.8 Å². The fraction of sp³-hybridized carbons (Fsp3) is 0.500. The Hall–Kier alpha value is -1.58. The lowest BCUT2D eigenvalue weighted by Gasteiger charge is -2.15. The molecule has 0 saturated heterocycles. The summed E-state index contributed by atoms with van der Waals surface area (Å²) in [6, 6.07) is -0.116. The molecule has 2 N–H and O–H groups in total. The van der Waals surface area contributed by atoms with Crippen molar-refractivity contribution in [1.29, 1.82) is 0 Å². The Morgan fingerprint density at radius 2 is 1.88 bits per heavy atom. The van der Waals surface area contributed by atoms with Gasteiger partial charge in [-0.05, 0) is 19.3 Å². The lowest BCUT2D eigenvalue weighted by Crippen LogP contribution is -2.37. The van der Waals surface area contributed by atoms with E-state index in [4.69, 9.17) is 5.11 Å². The first-order valence-corrected chi connectivity index (χ1v) is 5.53. The summed E-state index contributed by atoms with van der Waals surface area (Å²) in [6.45, 7) is 0. The molecule has 2 aliphatic rings. The Morgan fingerprint density at radius 3 is 2.44 bits per heavy atom. The van der Waals surface area contributed by atoms with E-state index in [0.29, 0.717) is 6.42 Å². The Bertz CT molecular complexity index is 351. The molecule has 1 amide bonds. The van der Waals surface area contributed by atoms with Gasteiger partial charge in [-0.2, -0.15) is 0 Å². The second kappa shape index (κ2) is 4.51. The van der Waals surface area contributed by atoms with Gasteiger partial charge in [0, 0.05) is 12.0 Å². The van der Waals surface area contributed by atoms with E-state index < -0.39 is 11.9 Å². The molecule has 0 heterocycles. The molecule has 0 aliphatic heterocycles. The molecule has 86 valence electrons. The van der Waals surface area contributed by atoms with Crippen molar-refractivity contribution in [2.45, 2.75) is 25.3 Å². The van der Waals surface area contributed by atoms with Gasteiger partial charge in [-0.25, -0.2) is 0 Å². The van der Waals surface area contributed by atoms with Crippen LogP contribution in [0.25, 0.3) is 0 Å². The molecule has 0 aromatic heterocycles. The minimum atomic E-state index is -0.824. The summed E-state index contributed by atoms with van der Waals surface area (Å²) < 4.78 is 0. The fourth-order valence-corrected chi connectivity index (χ4v) is 2.12. The van der Waals surface area contributed by atoms with Crippen molar-refractivity contribution in [3.05, 3.63) is 24.3 Å². The van der Waals surface area contributed by atoms with Crippen LogP contribution in [0.3, 0.4) is 0 Å². The fourth-order valence-electron chi connectivity index (χ4n) is 2.12. The number of amides is 1. The minimum absolute atomic E-state index is 0.0330. The van der Waals surface area contributed by atoms with Gasteiger partial charge in [0.1, 0.15) is 0 Å². The van der Waals surface area contributed by atoms with E-state index in [9.17, 15) is 9.59 Å². The predicted molar refractivity (Wildman–Crippen MR) is 58.7 cm³/mol. The topological polar surface area (TPSA) is 66.4 Å². The van der Waals surface area contributed by atoms with Crippen LogP contribution in [0.2, 0.25) is 0 Å². The van der Waals surface area contributed by atoms with Gasteiger partial charge in [0.25, 0.3) is 0 Å². The highest BCUT2D eigenvalue weighted by atomic mass is 16.4. The number of allylic oxidation sites excluding steroid dienone is 2. The van der Waals surface area contributed by atoms with Gasteiger partial charge >= 0.3 is 5.97 Å². The highest BCUT2D eigenvalue weighted by Gasteiger charge is 2.27. The van der Waals surface area contributed by atoms with Crippen molar-refractivity contribution in [2.75, 3.05) is 0 Å². The first-order valence-electron chi connectivity index (χ1n) is 5.53. The molecule has 0 saturated carbocycles. The molecule has 0 bridgehead atoms. The summed E-state index contributed by atoms with van der Waals surface area (Å²) in [5.74, 6) is -1.20. The zero-order valence-electron chi connectivity index (χ0n) is 8.93. The molecule has 0 fully saturated rings. The summed E-state index contributed by atoms with van der Waals surface area (Å²) >= 11 is 0. The monoisotopic (exact) mass is 221 g/mol. The number of carbonyl (C=O) groups is 2. The molecule has 0 aromatic carbocycles. The number of carbonyl (C=O) groups excluding carboxylic acids is 1. The van der Waals surface area contributed by atoms with Crippen molar-refractivity contribution in [3.63, 3.8) is 0 Å². The van der Waals surface area contributed by atoms with Gasteiger partial charge in [-0.1, -0.05) is 24.3 Å². The lowest BCUT2D eigenvalue weighted by atomic mass is 10.0. The minimum Gasteiger partial charge on any atom is -0.481 e. The number of aliphatic carboxylic acids is 1. The molecule has 4 nitrogen and oxygen atoms in total. The maximum atomic E-state index is 11.7. The third-order valence-corrected chi connectivity index (χ3v) is 3.11. The van der Waals surface area contributed by atoms with Crippen LogP contribution in [-0.4, -0.2) is 23.0 Å². The molecule has 2 aliphatic carbocycles. The van der Waals surface area contributed by atoms with Crippen molar-refractivity contribution < 1.29 is 14.7 Å². The molecule has 2 unspecified atom stereocenters. The van der Waals surface area contributed by atoms with Gasteiger partial charge in [-0.3, -0.25) is 9.59 Å². The van der Waals surface area contributed by atoms with Crippen LogP contribution < -0.4 is 5.32 Å². The summed E-state index contributed by atoms with van der Waals surface area (Å²) in [5, 5.41) is 11.7. The van der Waals surface area contributed by atoms with Crippen LogP contribution in [-0.2, 0) is 9.59 Å². The van der Waals surface area contributed by atoms with Gasteiger partial charge in [-0.15, -0.1) is 0 Å². The average Bonchev–Trinajstić information content (AvgIpc) is 2.87. The molecule has 4 heteroatoms. The summed E-state index contributed by atoms with van der Waals surface area (Å²) in [4.78, 5) is 22.5. The molecule has 16 heavy (non-hydrogen) atoms. The summed E-state index contributed by atoms with van der Waals surface area (Å²) in [7, 11) is 0. The standard InChI is InChI=1S/C12H15NO3/c14-11(8-3-1-2-4-8)13-10-6-5-9(7-10)12(15)16/h1-2,5-6,8-10H,3-4,7H2,(H,13,14)(H,15,16). The van der Waals surface area contributed by atoms with Crippen LogP contribution in [0.1, 0.15) is 19.3 Å². The molecule has 0 radical (unpaired) electrons. The highest BCUT2D eigenvalue weighted by molar-refractivity contribution is 5.80. The molecule has 0 spiro atoms. The molecular weight excluding hydrogens is 206 g/mol. The first-order chi connectivity index (χ1) is 7.66. The normalized spacial score (nSPS) is 28.5. The van der Waals surface area contributed by atoms with E-state index in [1.807, 2.05) is 12.2 Å². The zero-order valence-corrected chi connectivity index (χ0v) is 8.93. The first kappa shape index (κ1) is 10.9. The summed E-state index contributed by atoms with van der Waals surface area (Å²) in [6.07, 6.45) is 9.51. The predicted octanol–water partition coefficient (Wildman–Crippen LogP) is 1.10. The molecule has 0 aromatic rings. The maximum Gasteiger partial charge on any atom is 0.310 e. The van der Waals surface area contributed by atoms with Gasteiger partial charge in [0.15, 0.2) is 0 Å². The van der Waals surface area contributed by atoms with Gasteiger partial charge in [0.05, 0.1) is 5.92 Å². The number of nitrogens with one attached hydrogen (secondary N) is 1. The van der Waals surface area contributed by atoms with Gasteiger partial charge < -0.3 is 10.4 Å². The number of carboxylic acid groups (broad SMARTS) is 1. The van der Waals surface area contributed by atoms with Crippen LogP contribution in [0.5, 0.6) is 0 Å². The molecular formula is C12H15NO3. The number of hydrogen-bond donors (Lipinski definition) is 2. The third-order valence-electron chi connectivity index (χ3n) is 3.11. The van der Waals surface area contributed by atoms with E-state index in [2.05, 4.69) is 5.32 Å². The largest absolute Gasteiger partial charge is 0.481 e. The van der Waals surface area contributed by atoms with Crippen molar-refractivity contribution >= 4 is 11.9 Å². The second-order valence-electron chi connectivity index (χ2n) is 4.32. The Balaban J connectivity index is 1.81. The van der Waals surface area contributed by atoms with Crippen LogP contribution >= 0.6 is 0 Å². The smallest absolute Gasteiger partial charge is 0.310 e. The average molecular weight is 221 g/mol. The molecule has 2 atom stereocenters. The van der Waals surface area contributed by atoms with Crippen LogP contribution in [0, 0.1) is 11.8 Å². The molecule has 2 rings (SSSR count). The van der Waals surface area contributed by atoms with E-state index in [1.54, 1.807) is 12.2 Å². The number of carboxylic acids is 1. The van der Waals surface area contributed by atoms with E-state index in [0.717, 1.165) is 12.8 Å². The van der Waals surface area contributed by atoms with Gasteiger partial charge in [0.2, 0.25) is 5.91 Å². The SMILES string of the molecule is O=C(O)C1C=CC(NC(=O)C2CC=CC2)C1.